The van der Waals surface area contributed by atoms with E-state index in [0.29, 0.717) is 43.6 Å². The number of Topliss-reactive ketones (excluding diaryl/α,β-unsaturated/α-hetero) is 1. The van der Waals surface area contributed by atoms with E-state index in [1.165, 1.54) is 5.57 Å². The van der Waals surface area contributed by atoms with E-state index in [9.17, 15) is 19.5 Å². The normalized spacial score (nSPS) is 38.4. The Balaban J connectivity index is 1.34. The summed E-state index contributed by atoms with van der Waals surface area (Å²) < 4.78 is 0. The zero-order chi connectivity index (χ0) is 26.1. The third-order valence-corrected chi connectivity index (χ3v) is 10.2. The summed E-state index contributed by atoms with van der Waals surface area (Å²) in [6.45, 7) is 6.39. The highest BCUT2D eigenvalue weighted by molar-refractivity contribution is 5.96. The van der Waals surface area contributed by atoms with Crippen molar-refractivity contribution in [1.82, 2.24) is 5.32 Å². The Hall–Kier alpha value is -2.22. The van der Waals surface area contributed by atoms with Crippen LogP contribution in [0.5, 0.6) is 0 Å². The van der Waals surface area contributed by atoms with E-state index in [1.807, 2.05) is 0 Å². The topological polar surface area (TPSA) is 125 Å². The summed E-state index contributed by atoms with van der Waals surface area (Å²) in [5, 5.41) is 26.9. The molecule has 0 aromatic carbocycles. The van der Waals surface area contributed by atoms with Crippen LogP contribution >= 0.6 is 0 Å². The van der Waals surface area contributed by atoms with Crippen LogP contribution < -0.4 is 5.32 Å². The number of nitrogens with one attached hydrogen (secondary N) is 1. The molecule has 4 rings (SSSR count). The second-order valence-electron chi connectivity index (χ2n) is 12.0. The number of fused-ring (bicyclic) bond motifs is 5. The first-order chi connectivity index (χ1) is 17.0. The molecule has 0 saturated heterocycles. The van der Waals surface area contributed by atoms with Crippen LogP contribution in [0.25, 0.3) is 0 Å². The molecule has 0 bridgehead atoms. The summed E-state index contributed by atoms with van der Waals surface area (Å²) in [5.41, 5.74) is 0.914. The van der Waals surface area contributed by atoms with Crippen LogP contribution in [-0.4, -0.2) is 52.3 Å². The van der Waals surface area contributed by atoms with Gasteiger partial charge in [0.05, 0.1) is 5.71 Å². The number of unbranched alkanes of at least 4 members (excludes halogenated alkanes) is 1. The number of carboxylic acid groups (broad SMARTS) is 1. The molecule has 4 aliphatic carbocycles. The molecule has 6 atom stereocenters. The molecule has 3 N–H and O–H groups in total. The van der Waals surface area contributed by atoms with E-state index >= 15 is 0 Å². The van der Waals surface area contributed by atoms with Gasteiger partial charge in [0, 0.05) is 18.4 Å². The molecule has 200 valence electrons. The molecule has 0 unspecified atom stereocenters. The lowest BCUT2D eigenvalue weighted by Crippen LogP contribution is -2.57. The van der Waals surface area contributed by atoms with Crippen molar-refractivity contribution in [1.29, 1.82) is 0 Å². The molecule has 0 aliphatic heterocycles. The van der Waals surface area contributed by atoms with Crippen LogP contribution in [0.15, 0.2) is 16.8 Å². The summed E-state index contributed by atoms with van der Waals surface area (Å²) in [4.78, 5) is 40.2. The molecule has 3 fully saturated rings. The van der Waals surface area contributed by atoms with Gasteiger partial charge in [-0.2, -0.15) is 0 Å². The van der Waals surface area contributed by atoms with Gasteiger partial charge in [-0.3, -0.25) is 14.4 Å². The van der Waals surface area contributed by atoms with Gasteiger partial charge in [0.1, 0.15) is 5.60 Å². The lowest BCUT2D eigenvalue weighted by molar-refractivity contribution is -0.159. The maximum absolute atomic E-state index is 12.4. The Morgan fingerprint density at radius 1 is 1.08 bits per heavy atom. The van der Waals surface area contributed by atoms with E-state index in [4.69, 9.17) is 9.94 Å². The van der Waals surface area contributed by atoms with Gasteiger partial charge in [-0.1, -0.05) is 24.6 Å². The van der Waals surface area contributed by atoms with Gasteiger partial charge in [-0.05, 0) is 100 Å². The van der Waals surface area contributed by atoms with Crippen LogP contribution in [-0.2, 0) is 19.2 Å². The van der Waals surface area contributed by atoms with Gasteiger partial charge in [0.15, 0.2) is 12.4 Å². The minimum absolute atomic E-state index is 0.0704. The molecule has 1 amide bonds. The Morgan fingerprint density at radius 3 is 2.56 bits per heavy atom. The highest BCUT2D eigenvalue weighted by atomic mass is 16.6. The number of aliphatic hydroxyl groups is 1. The lowest BCUT2D eigenvalue weighted by atomic mass is 9.46. The van der Waals surface area contributed by atoms with Crippen molar-refractivity contribution in [2.24, 2.45) is 33.7 Å². The number of oxime groups is 1. The van der Waals surface area contributed by atoms with Crippen molar-refractivity contribution in [3.8, 4) is 0 Å². The predicted octanol–water partition coefficient (Wildman–Crippen LogP) is 4.01. The molecular formula is C28H42N2O6. The second-order valence-corrected chi connectivity index (χ2v) is 12.0. The van der Waals surface area contributed by atoms with Gasteiger partial charge < -0.3 is 20.4 Å². The number of nitrogens with zero attached hydrogens (tertiary/aromatic N) is 1. The molecule has 0 aromatic heterocycles. The number of amides is 1. The Kier molecular flexibility index (Phi) is 7.65. The highest BCUT2D eigenvalue weighted by Crippen LogP contribution is 2.67. The number of rotatable bonds is 9. The fourth-order valence-electron chi connectivity index (χ4n) is 8.09. The predicted molar refractivity (Wildman–Crippen MR) is 135 cm³/mol. The monoisotopic (exact) mass is 502 g/mol. The number of carbonyl (C=O) groups is 3. The van der Waals surface area contributed by atoms with Crippen molar-refractivity contribution in [3.05, 3.63) is 11.6 Å². The van der Waals surface area contributed by atoms with Crippen molar-refractivity contribution >= 4 is 23.4 Å². The van der Waals surface area contributed by atoms with Gasteiger partial charge in [-0.25, -0.2) is 0 Å². The SMILES string of the molecule is CC(=O)[C@]1(O)CC[C@@H]2[C@H]3CCC4=C/C(=N\OCC(=O)NCCCCC(=O)O)CC[C@]4(C)[C@@H]3CC[C@@]21C. The summed E-state index contributed by atoms with van der Waals surface area (Å²) in [6.07, 6.45) is 10.8. The highest BCUT2D eigenvalue weighted by Gasteiger charge is 2.65. The molecule has 4 aliphatic rings. The Morgan fingerprint density at radius 2 is 1.83 bits per heavy atom. The number of allylic oxidation sites excluding steroid dienone is 2. The van der Waals surface area contributed by atoms with Gasteiger partial charge in [0.2, 0.25) is 0 Å². The van der Waals surface area contributed by atoms with Crippen LogP contribution in [0.1, 0.15) is 91.4 Å². The van der Waals surface area contributed by atoms with Crippen molar-refractivity contribution in [2.75, 3.05) is 13.2 Å². The van der Waals surface area contributed by atoms with Crippen LogP contribution in [0, 0.1) is 28.6 Å². The molecule has 8 heteroatoms. The van der Waals surface area contributed by atoms with E-state index < -0.39 is 11.6 Å². The van der Waals surface area contributed by atoms with Gasteiger partial charge in [-0.15, -0.1) is 0 Å². The third kappa shape index (κ3) is 4.73. The summed E-state index contributed by atoms with van der Waals surface area (Å²) in [7, 11) is 0. The first-order valence-electron chi connectivity index (χ1n) is 13.6. The van der Waals surface area contributed by atoms with Gasteiger partial charge >= 0.3 is 5.97 Å². The zero-order valence-corrected chi connectivity index (χ0v) is 22.0. The average molecular weight is 503 g/mol. The third-order valence-electron chi connectivity index (χ3n) is 10.2. The molecule has 0 spiro atoms. The van der Waals surface area contributed by atoms with Crippen molar-refractivity contribution < 1.29 is 29.4 Å². The molecule has 0 aromatic rings. The molecule has 8 nitrogen and oxygen atoms in total. The molecular weight excluding hydrogens is 460 g/mol. The molecule has 36 heavy (non-hydrogen) atoms. The Bertz CT molecular complexity index is 960. The van der Waals surface area contributed by atoms with Crippen LogP contribution in [0.3, 0.4) is 0 Å². The number of hydrogen-bond acceptors (Lipinski definition) is 6. The molecule has 3 saturated carbocycles. The largest absolute Gasteiger partial charge is 0.481 e. The molecule has 0 heterocycles. The number of hydrogen-bond donors (Lipinski definition) is 3. The zero-order valence-electron chi connectivity index (χ0n) is 22.0. The van der Waals surface area contributed by atoms with Crippen LogP contribution in [0.4, 0.5) is 0 Å². The number of aliphatic carboxylic acids is 1. The maximum Gasteiger partial charge on any atom is 0.303 e. The smallest absolute Gasteiger partial charge is 0.303 e. The number of carbonyl (C=O) groups excluding carboxylic acids is 2. The van der Waals surface area contributed by atoms with Crippen molar-refractivity contribution in [2.45, 2.75) is 97.0 Å². The van der Waals surface area contributed by atoms with E-state index in [2.05, 4.69) is 30.4 Å². The fraction of sp³-hybridized carbons (Fsp3) is 0.786. The molecule has 0 radical (unpaired) electrons. The standard InChI is InChI=1S/C28H42N2O6/c1-18(31)28(35)14-11-23-21-8-7-19-16-20(9-12-26(19,2)22(21)10-13-27(23,28)3)30-36-17-24(32)29-15-5-4-6-25(33)34/h16,21-23,35H,4-15,17H2,1-3H3,(H,29,32)(H,33,34)/b30-20-/t21-,22+,23+,26-,27-,28+/m0/s1. The summed E-state index contributed by atoms with van der Waals surface area (Å²) >= 11 is 0. The Labute approximate surface area is 213 Å². The lowest BCUT2D eigenvalue weighted by Gasteiger charge is -2.59. The second kappa shape index (κ2) is 10.3. The fourth-order valence-corrected chi connectivity index (χ4v) is 8.09. The first kappa shape index (κ1) is 26.8. The van der Waals surface area contributed by atoms with Crippen LogP contribution in [0.2, 0.25) is 0 Å². The minimum Gasteiger partial charge on any atom is -0.481 e. The van der Waals surface area contributed by atoms with Gasteiger partial charge in [0.25, 0.3) is 5.91 Å². The number of carboxylic acids is 1. The first-order valence-corrected chi connectivity index (χ1v) is 13.6. The van der Waals surface area contributed by atoms with E-state index in [-0.39, 0.29) is 35.5 Å². The summed E-state index contributed by atoms with van der Waals surface area (Å²) in [6, 6.07) is 0. The number of ketones is 1. The maximum atomic E-state index is 12.4. The van der Waals surface area contributed by atoms with Crippen molar-refractivity contribution in [3.63, 3.8) is 0 Å². The average Bonchev–Trinajstić information content (AvgIpc) is 3.11. The minimum atomic E-state index is -1.17. The summed E-state index contributed by atoms with van der Waals surface area (Å²) in [5.74, 6) is 0.333. The van der Waals surface area contributed by atoms with E-state index in [0.717, 1.165) is 50.7 Å². The quantitative estimate of drug-likeness (QED) is 0.323. The van der Waals surface area contributed by atoms with E-state index in [1.54, 1.807) is 6.92 Å².